The van der Waals surface area contributed by atoms with Gasteiger partial charge in [0.25, 0.3) is 0 Å². The summed E-state index contributed by atoms with van der Waals surface area (Å²) in [7, 11) is 0. The molecular formula is C21H29N3O2. The largest absolute Gasteiger partial charge is 0.441 e. The van der Waals surface area contributed by atoms with Crippen LogP contribution in [-0.4, -0.2) is 28.0 Å². The number of hydrogen-bond donors (Lipinski definition) is 2. The van der Waals surface area contributed by atoms with E-state index in [0.717, 1.165) is 24.2 Å². The average Bonchev–Trinajstić information content (AvgIpc) is 2.99. The molecule has 140 valence electrons. The Labute approximate surface area is 155 Å². The Morgan fingerprint density at radius 2 is 1.85 bits per heavy atom. The van der Waals surface area contributed by atoms with Gasteiger partial charge in [-0.1, -0.05) is 30.3 Å². The molecule has 0 unspecified atom stereocenters. The van der Waals surface area contributed by atoms with Gasteiger partial charge in [0.05, 0.1) is 6.20 Å². The zero-order valence-corrected chi connectivity index (χ0v) is 16.1. The van der Waals surface area contributed by atoms with Crippen LogP contribution in [0.4, 0.5) is 0 Å². The van der Waals surface area contributed by atoms with Crippen LogP contribution in [0.3, 0.4) is 0 Å². The fourth-order valence-corrected chi connectivity index (χ4v) is 4.11. The van der Waals surface area contributed by atoms with Gasteiger partial charge in [0, 0.05) is 35.5 Å². The lowest BCUT2D eigenvalue weighted by Crippen LogP contribution is -2.62. The van der Waals surface area contributed by atoms with E-state index < -0.39 is 0 Å². The Hall–Kier alpha value is -2.14. The molecule has 1 saturated heterocycles. The molecule has 0 spiro atoms. The van der Waals surface area contributed by atoms with E-state index >= 15 is 0 Å². The lowest BCUT2D eigenvalue weighted by Gasteiger charge is -2.46. The zero-order chi connectivity index (χ0) is 18.8. The molecule has 2 heterocycles. The fourth-order valence-electron chi connectivity index (χ4n) is 4.11. The highest BCUT2D eigenvalue weighted by atomic mass is 16.4. The molecule has 26 heavy (non-hydrogen) atoms. The third-order valence-corrected chi connectivity index (χ3v) is 4.73. The zero-order valence-electron chi connectivity index (χ0n) is 16.1. The number of oxazole rings is 1. The van der Waals surface area contributed by atoms with Crippen molar-refractivity contribution in [2.75, 3.05) is 0 Å². The summed E-state index contributed by atoms with van der Waals surface area (Å²) in [5.41, 5.74) is 1.04. The smallest absolute Gasteiger partial charge is 0.220 e. The lowest BCUT2D eigenvalue weighted by molar-refractivity contribution is -0.122. The predicted octanol–water partition coefficient (Wildman–Crippen LogP) is 3.70. The van der Waals surface area contributed by atoms with Crippen LogP contribution in [0.25, 0.3) is 11.3 Å². The van der Waals surface area contributed by atoms with Gasteiger partial charge >= 0.3 is 0 Å². The van der Waals surface area contributed by atoms with E-state index in [1.807, 2.05) is 30.3 Å². The number of aryl methyl sites for hydroxylation is 1. The first-order valence-electron chi connectivity index (χ1n) is 9.31. The second-order valence-electron chi connectivity index (χ2n) is 8.55. The topological polar surface area (TPSA) is 67.2 Å². The molecule has 1 aromatic carbocycles. The van der Waals surface area contributed by atoms with Crippen LogP contribution in [0.5, 0.6) is 0 Å². The normalized spacial score (nSPS) is 19.2. The van der Waals surface area contributed by atoms with E-state index in [-0.39, 0.29) is 23.0 Å². The van der Waals surface area contributed by atoms with Gasteiger partial charge in [0.2, 0.25) is 5.91 Å². The van der Waals surface area contributed by atoms with Crippen molar-refractivity contribution < 1.29 is 9.21 Å². The Balaban J connectivity index is 1.52. The van der Waals surface area contributed by atoms with Gasteiger partial charge in [-0.05, 0) is 40.5 Å². The molecule has 0 atom stereocenters. The fraction of sp³-hybridized carbons (Fsp3) is 0.524. The van der Waals surface area contributed by atoms with Crippen LogP contribution in [0, 0.1) is 0 Å². The monoisotopic (exact) mass is 355 g/mol. The summed E-state index contributed by atoms with van der Waals surface area (Å²) in [6.07, 6.45) is 4.48. The molecule has 1 aromatic heterocycles. The Bertz CT molecular complexity index is 734. The van der Waals surface area contributed by atoms with E-state index in [2.05, 4.69) is 43.3 Å². The Kier molecular flexibility index (Phi) is 5.19. The predicted molar refractivity (Wildman–Crippen MR) is 103 cm³/mol. The molecular weight excluding hydrogens is 326 g/mol. The summed E-state index contributed by atoms with van der Waals surface area (Å²) >= 11 is 0. The van der Waals surface area contributed by atoms with E-state index in [0.29, 0.717) is 18.7 Å². The molecule has 5 nitrogen and oxygen atoms in total. The Morgan fingerprint density at radius 3 is 2.50 bits per heavy atom. The first kappa shape index (κ1) is 18.6. The van der Waals surface area contributed by atoms with Crippen molar-refractivity contribution in [3.63, 3.8) is 0 Å². The number of aromatic nitrogens is 1. The molecule has 1 fully saturated rings. The molecule has 1 aliphatic rings. The van der Waals surface area contributed by atoms with Crippen molar-refractivity contribution in [2.24, 2.45) is 0 Å². The molecule has 1 amide bonds. The van der Waals surface area contributed by atoms with Gasteiger partial charge in [0.15, 0.2) is 11.7 Å². The van der Waals surface area contributed by atoms with Crippen molar-refractivity contribution in [2.45, 2.75) is 70.5 Å². The van der Waals surface area contributed by atoms with Crippen molar-refractivity contribution >= 4 is 5.91 Å². The van der Waals surface area contributed by atoms with Gasteiger partial charge in [-0.3, -0.25) is 4.79 Å². The standard InChI is InChI=1S/C21H29N3O2/c1-20(2)12-16(13-21(3,4)24-20)23-18(25)10-11-19-22-14-17(26-19)15-8-6-5-7-9-15/h5-9,14,16,24H,10-13H2,1-4H3,(H,23,25). The molecule has 5 heteroatoms. The van der Waals surface area contributed by atoms with Crippen molar-refractivity contribution in [1.82, 2.24) is 15.6 Å². The van der Waals surface area contributed by atoms with E-state index in [1.54, 1.807) is 6.20 Å². The molecule has 2 aromatic rings. The summed E-state index contributed by atoms with van der Waals surface area (Å²) in [5.74, 6) is 1.40. The minimum Gasteiger partial charge on any atom is -0.441 e. The maximum Gasteiger partial charge on any atom is 0.220 e. The van der Waals surface area contributed by atoms with Crippen molar-refractivity contribution in [3.8, 4) is 11.3 Å². The number of rotatable bonds is 5. The van der Waals surface area contributed by atoms with E-state index in [9.17, 15) is 4.79 Å². The molecule has 2 N–H and O–H groups in total. The number of benzene rings is 1. The summed E-state index contributed by atoms with van der Waals surface area (Å²) in [4.78, 5) is 16.7. The van der Waals surface area contributed by atoms with Gasteiger partial charge in [0.1, 0.15) is 0 Å². The van der Waals surface area contributed by atoms with Crippen LogP contribution in [0.1, 0.15) is 52.8 Å². The number of hydrogen-bond acceptors (Lipinski definition) is 4. The number of nitrogens with one attached hydrogen (secondary N) is 2. The van der Waals surface area contributed by atoms with Crippen LogP contribution < -0.4 is 10.6 Å². The SMILES string of the molecule is CC1(C)CC(NC(=O)CCc2ncc(-c3ccccc3)o2)CC(C)(C)N1. The minimum atomic E-state index is 0.0207. The van der Waals surface area contributed by atoms with Gasteiger partial charge in [-0.2, -0.15) is 0 Å². The second kappa shape index (κ2) is 7.23. The molecule has 0 bridgehead atoms. The van der Waals surface area contributed by atoms with Crippen LogP contribution >= 0.6 is 0 Å². The van der Waals surface area contributed by atoms with Gasteiger partial charge < -0.3 is 15.1 Å². The first-order valence-corrected chi connectivity index (χ1v) is 9.31. The van der Waals surface area contributed by atoms with Crippen LogP contribution in [0.15, 0.2) is 40.9 Å². The quantitative estimate of drug-likeness (QED) is 0.858. The molecule has 1 aliphatic heterocycles. The highest BCUT2D eigenvalue weighted by molar-refractivity contribution is 5.76. The molecule has 0 saturated carbocycles. The molecule has 0 radical (unpaired) electrons. The molecule has 0 aliphatic carbocycles. The highest BCUT2D eigenvalue weighted by Gasteiger charge is 2.38. The summed E-state index contributed by atoms with van der Waals surface area (Å²) < 4.78 is 5.78. The highest BCUT2D eigenvalue weighted by Crippen LogP contribution is 2.28. The lowest BCUT2D eigenvalue weighted by atomic mass is 9.79. The number of nitrogens with zero attached hydrogens (tertiary/aromatic N) is 1. The summed E-state index contributed by atoms with van der Waals surface area (Å²) in [5, 5.41) is 6.83. The maximum atomic E-state index is 12.4. The van der Waals surface area contributed by atoms with Crippen LogP contribution in [-0.2, 0) is 11.2 Å². The van der Waals surface area contributed by atoms with Crippen molar-refractivity contribution in [1.29, 1.82) is 0 Å². The minimum absolute atomic E-state index is 0.0207. The number of amides is 1. The van der Waals surface area contributed by atoms with Crippen molar-refractivity contribution in [3.05, 3.63) is 42.4 Å². The van der Waals surface area contributed by atoms with E-state index in [1.165, 1.54) is 0 Å². The molecule has 3 rings (SSSR count). The van der Waals surface area contributed by atoms with Gasteiger partial charge in [-0.25, -0.2) is 4.98 Å². The average molecular weight is 355 g/mol. The van der Waals surface area contributed by atoms with E-state index in [4.69, 9.17) is 4.42 Å². The second-order valence-corrected chi connectivity index (χ2v) is 8.55. The summed E-state index contributed by atoms with van der Waals surface area (Å²) in [6.45, 7) is 8.74. The van der Waals surface area contributed by atoms with Crippen LogP contribution in [0.2, 0.25) is 0 Å². The number of carbonyl (C=O) groups excluding carboxylic acids is 1. The maximum absolute atomic E-state index is 12.4. The van der Waals surface area contributed by atoms with Gasteiger partial charge in [-0.15, -0.1) is 0 Å². The number of piperidine rings is 1. The first-order chi connectivity index (χ1) is 12.2. The third kappa shape index (κ3) is 4.94. The number of carbonyl (C=O) groups is 1. The summed E-state index contributed by atoms with van der Waals surface area (Å²) in [6, 6.07) is 10.1. The Morgan fingerprint density at radius 1 is 1.19 bits per heavy atom. The third-order valence-electron chi connectivity index (χ3n) is 4.73.